The van der Waals surface area contributed by atoms with Gasteiger partial charge >= 0.3 is 0 Å². The number of carbonyl (C=O) groups is 1. The lowest BCUT2D eigenvalue weighted by Gasteiger charge is -2.13. The van der Waals surface area contributed by atoms with Gasteiger partial charge in [-0.3, -0.25) is 9.78 Å². The number of pyridine rings is 1. The van der Waals surface area contributed by atoms with Gasteiger partial charge in [0, 0.05) is 29.2 Å². The van der Waals surface area contributed by atoms with Crippen molar-refractivity contribution >= 4 is 22.5 Å². The van der Waals surface area contributed by atoms with Crippen molar-refractivity contribution in [1.82, 2.24) is 4.98 Å². The number of anilines is 1. The second kappa shape index (κ2) is 7.18. The first-order valence-electron chi connectivity index (χ1n) is 7.47. The van der Waals surface area contributed by atoms with Gasteiger partial charge in [0.2, 0.25) is 5.91 Å². The summed E-state index contributed by atoms with van der Waals surface area (Å²) in [5, 5.41) is 4.00. The maximum atomic E-state index is 12.2. The lowest BCUT2D eigenvalue weighted by Crippen LogP contribution is -2.21. The fourth-order valence-corrected chi connectivity index (χ4v) is 2.30. The number of hydrogen-bond donors (Lipinski definition) is 2. The van der Waals surface area contributed by atoms with Crippen LogP contribution < -0.4 is 11.1 Å². The number of aromatic nitrogens is 1. The quantitative estimate of drug-likeness (QED) is 0.855. The van der Waals surface area contributed by atoms with Crippen LogP contribution in [0.2, 0.25) is 0 Å². The highest BCUT2D eigenvalue weighted by molar-refractivity contribution is 5.94. The van der Waals surface area contributed by atoms with Crippen molar-refractivity contribution in [2.45, 2.75) is 39.2 Å². The second-order valence-corrected chi connectivity index (χ2v) is 5.71. The van der Waals surface area contributed by atoms with Gasteiger partial charge in [0.25, 0.3) is 0 Å². The summed E-state index contributed by atoms with van der Waals surface area (Å²) in [5.74, 6) is 0.0521. The summed E-state index contributed by atoms with van der Waals surface area (Å²) in [6.07, 6.45) is 4.57. The molecular formula is C17H23N3O. The average molecular weight is 285 g/mol. The molecule has 1 heterocycles. The molecule has 1 amide bonds. The number of rotatable bonds is 6. The topological polar surface area (TPSA) is 68.0 Å². The van der Waals surface area contributed by atoms with Crippen LogP contribution in [0.25, 0.3) is 10.9 Å². The summed E-state index contributed by atoms with van der Waals surface area (Å²) in [7, 11) is 0. The normalized spacial score (nSPS) is 13.9. The Balaban J connectivity index is 1.94. The molecule has 21 heavy (non-hydrogen) atoms. The summed E-state index contributed by atoms with van der Waals surface area (Å²) in [5.41, 5.74) is 7.47. The summed E-state index contributed by atoms with van der Waals surface area (Å²) in [6.45, 7) is 3.95. The molecule has 0 saturated carbocycles. The highest BCUT2D eigenvalue weighted by atomic mass is 16.1. The van der Waals surface area contributed by atoms with Gasteiger partial charge in [-0.1, -0.05) is 19.4 Å². The minimum absolute atomic E-state index is 0.00616. The molecule has 0 bridgehead atoms. The van der Waals surface area contributed by atoms with E-state index in [9.17, 15) is 4.79 Å². The maximum absolute atomic E-state index is 12.2. The van der Waals surface area contributed by atoms with E-state index >= 15 is 0 Å². The number of carbonyl (C=O) groups excluding carboxylic acids is 1. The van der Waals surface area contributed by atoms with Crippen LogP contribution in [-0.2, 0) is 4.79 Å². The summed E-state index contributed by atoms with van der Waals surface area (Å²) in [4.78, 5) is 16.4. The van der Waals surface area contributed by atoms with Crippen molar-refractivity contribution in [2.75, 3.05) is 5.32 Å². The van der Waals surface area contributed by atoms with Crippen LogP contribution >= 0.6 is 0 Å². The molecule has 4 heteroatoms. The Kier molecular flexibility index (Phi) is 5.28. The molecule has 0 spiro atoms. The smallest absolute Gasteiger partial charge is 0.227 e. The van der Waals surface area contributed by atoms with Crippen LogP contribution in [0.5, 0.6) is 0 Å². The summed E-state index contributed by atoms with van der Waals surface area (Å²) in [6, 6.07) is 9.85. The van der Waals surface area contributed by atoms with E-state index in [1.165, 1.54) is 0 Å². The van der Waals surface area contributed by atoms with Crippen LogP contribution in [0, 0.1) is 5.92 Å². The van der Waals surface area contributed by atoms with E-state index in [-0.39, 0.29) is 17.9 Å². The third-order valence-corrected chi connectivity index (χ3v) is 3.61. The molecule has 2 aromatic rings. The Bertz CT molecular complexity index is 610. The van der Waals surface area contributed by atoms with Gasteiger partial charge in [-0.2, -0.15) is 0 Å². The number of fused-ring (bicyclic) bond motifs is 1. The van der Waals surface area contributed by atoms with Gasteiger partial charge < -0.3 is 11.1 Å². The van der Waals surface area contributed by atoms with Gasteiger partial charge in [-0.05, 0) is 44.0 Å². The summed E-state index contributed by atoms with van der Waals surface area (Å²) < 4.78 is 0. The zero-order valence-corrected chi connectivity index (χ0v) is 12.7. The van der Waals surface area contributed by atoms with E-state index in [4.69, 9.17) is 5.73 Å². The third kappa shape index (κ3) is 4.53. The molecule has 0 saturated heterocycles. The first kappa shape index (κ1) is 15.4. The van der Waals surface area contributed by atoms with Crippen molar-refractivity contribution < 1.29 is 4.79 Å². The lowest BCUT2D eigenvalue weighted by atomic mass is 10.0. The van der Waals surface area contributed by atoms with Crippen molar-refractivity contribution in [3.05, 3.63) is 36.5 Å². The van der Waals surface area contributed by atoms with Crippen molar-refractivity contribution in [3.63, 3.8) is 0 Å². The first-order valence-corrected chi connectivity index (χ1v) is 7.47. The molecule has 2 unspecified atom stereocenters. The Morgan fingerprint density at radius 1 is 1.29 bits per heavy atom. The van der Waals surface area contributed by atoms with Crippen molar-refractivity contribution in [1.29, 1.82) is 0 Å². The molecule has 2 rings (SSSR count). The van der Waals surface area contributed by atoms with Gasteiger partial charge in [-0.15, -0.1) is 0 Å². The molecule has 1 aromatic heterocycles. The van der Waals surface area contributed by atoms with E-state index in [1.807, 2.05) is 44.2 Å². The van der Waals surface area contributed by atoms with Crippen molar-refractivity contribution in [2.24, 2.45) is 11.7 Å². The van der Waals surface area contributed by atoms with E-state index in [0.717, 1.165) is 35.9 Å². The molecule has 3 N–H and O–H groups in total. The standard InChI is InChI=1S/C17H23N3O/c1-12(5-3-6-13(2)18)17(21)20-15-8-9-16-14(11-15)7-4-10-19-16/h4,7-13H,3,5-6,18H2,1-2H3,(H,20,21). The zero-order chi connectivity index (χ0) is 15.2. The molecule has 2 atom stereocenters. The SMILES string of the molecule is CC(N)CCCC(C)C(=O)Nc1ccc2ncccc2c1. The largest absolute Gasteiger partial charge is 0.328 e. The molecule has 0 aliphatic rings. The van der Waals surface area contributed by atoms with Gasteiger partial charge in [-0.25, -0.2) is 0 Å². The minimum Gasteiger partial charge on any atom is -0.328 e. The average Bonchev–Trinajstić information content (AvgIpc) is 2.46. The van der Waals surface area contributed by atoms with Crippen molar-refractivity contribution in [3.8, 4) is 0 Å². The molecular weight excluding hydrogens is 262 g/mol. The highest BCUT2D eigenvalue weighted by Crippen LogP contribution is 2.18. The molecule has 1 aromatic carbocycles. The molecule has 112 valence electrons. The first-order chi connectivity index (χ1) is 10.1. The van der Waals surface area contributed by atoms with E-state index in [0.29, 0.717) is 0 Å². The molecule has 0 radical (unpaired) electrons. The van der Waals surface area contributed by atoms with E-state index in [1.54, 1.807) is 6.20 Å². The van der Waals surface area contributed by atoms with Gasteiger partial charge in [0.1, 0.15) is 0 Å². The number of hydrogen-bond acceptors (Lipinski definition) is 3. The molecule has 0 fully saturated rings. The Hall–Kier alpha value is -1.94. The number of nitrogens with two attached hydrogens (primary N) is 1. The molecule has 4 nitrogen and oxygen atoms in total. The van der Waals surface area contributed by atoms with Crippen LogP contribution in [0.4, 0.5) is 5.69 Å². The Morgan fingerprint density at radius 2 is 2.10 bits per heavy atom. The van der Waals surface area contributed by atoms with Crippen LogP contribution in [0.3, 0.4) is 0 Å². The fraction of sp³-hybridized carbons (Fsp3) is 0.412. The monoisotopic (exact) mass is 285 g/mol. The zero-order valence-electron chi connectivity index (χ0n) is 12.7. The molecule has 0 aliphatic carbocycles. The van der Waals surface area contributed by atoms with Crippen LogP contribution in [-0.4, -0.2) is 16.9 Å². The van der Waals surface area contributed by atoms with E-state index in [2.05, 4.69) is 10.3 Å². The lowest BCUT2D eigenvalue weighted by molar-refractivity contribution is -0.119. The van der Waals surface area contributed by atoms with Gasteiger partial charge in [0.15, 0.2) is 0 Å². The molecule has 0 aliphatic heterocycles. The van der Waals surface area contributed by atoms with Crippen LogP contribution in [0.15, 0.2) is 36.5 Å². The minimum atomic E-state index is -0.00616. The predicted molar refractivity (Wildman–Crippen MR) is 87.0 cm³/mol. The predicted octanol–water partition coefficient (Wildman–Crippen LogP) is 3.33. The number of nitrogens with one attached hydrogen (secondary N) is 1. The number of benzene rings is 1. The third-order valence-electron chi connectivity index (χ3n) is 3.61. The fourth-order valence-electron chi connectivity index (χ4n) is 2.30. The van der Waals surface area contributed by atoms with E-state index < -0.39 is 0 Å². The Labute approximate surface area is 125 Å². The maximum Gasteiger partial charge on any atom is 0.227 e. The van der Waals surface area contributed by atoms with Crippen LogP contribution in [0.1, 0.15) is 33.1 Å². The summed E-state index contributed by atoms with van der Waals surface area (Å²) >= 11 is 0. The number of nitrogens with zero attached hydrogens (tertiary/aromatic N) is 1. The van der Waals surface area contributed by atoms with Gasteiger partial charge in [0.05, 0.1) is 5.52 Å². The number of amides is 1. The highest BCUT2D eigenvalue weighted by Gasteiger charge is 2.13. The second-order valence-electron chi connectivity index (χ2n) is 5.71. The Morgan fingerprint density at radius 3 is 2.86 bits per heavy atom.